The molecule has 0 aliphatic rings. The fourth-order valence-corrected chi connectivity index (χ4v) is 1.91. The zero-order valence-electron chi connectivity index (χ0n) is 10.6. The predicted molar refractivity (Wildman–Crippen MR) is 70.3 cm³/mol. The van der Waals surface area contributed by atoms with E-state index in [9.17, 15) is 10.2 Å². The van der Waals surface area contributed by atoms with E-state index in [2.05, 4.69) is 18.7 Å². The molecule has 0 unspecified atom stereocenters. The lowest BCUT2D eigenvalue weighted by atomic mass is 10.0. The van der Waals surface area contributed by atoms with Crippen LogP contribution >= 0.6 is 0 Å². The molecule has 96 valence electrons. The summed E-state index contributed by atoms with van der Waals surface area (Å²) >= 11 is 0. The van der Waals surface area contributed by atoms with Gasteiger partial charge in [-0.3, -0.25) is 0 Å². The number of anilines is 1. The van der Waals surface area contributed by atoms with E-state index in [1.807, 2.05) is 6.07 Å². The molecule has 0 saturated heterocycles. The van der Waals surface area contributed by atoms with Gasteiger partial charge in [0.05, 0.1) is 6.10 Å². The van der Waals surface area contributed by atoms with Gasteiger partial charge in [-0.1, -0.05) is 6.07 Å². The summed E-state index contributed by atoms with van der Waals surface area (Å²) in [5.74, 6) is 0.135. The van der Waals surface area contributed by atoms with Gasteiger partial charge in [-0.25, -0.2) is 0 Å². The maximum absolute atomic E-state index is 9.90. The molecular formula is C13H22N2O2. The highest BCUT2D eigenvalue weighted by atomic mass is 16.3. The van der Waals surface area contributed by atoms with Gasteiger partial charge in [-0.15, -0.1) is 0 Å². The van der Waals surface area contributed by atoms with Gasteiger partial charge < -0.3 is 20.8 Å². The minimum absolute atomic E-state index is 0.135. The number of benzene rings is 1. The number of aromatic hydroxyl groups is 1. The third-order valence-corrected chi connectivity index (χ3v) is 2.94. The van der Waals surface area contributed by atoms with Gasteiger partial charge in [0.2, 0.25) is 0 Å². The van der Waals surface area contributed by atoms with Crippen LogP contribution in [0.25, 0.3) is 0 Å². The molecule has 0 aliphatic heterocycles. The number of aliphatic hydroxyl groups excluding tert-OH is 1. The van der Waals surface area contributed by atoms with E-state index in [1.54, 1.807) is 12.1 Å². The molecule has 0 saturated carbocycles. The first-order valence-electron chi connectivity index (χ1n) is 6.10. The molecule has 0 heterocycles. The molecule has 4 N–H and O–H groups in total. The quantitative estimate of drug-likeness (QED) is 0.704. The second-order valence-corrected chi connectivity index (χ2v) is 4.01. The van der Waals surface area contributed by atoms with Crippen molar-refractivity contribution >= 4 is 5.69 Å². The van der Waals surface area contributed by atoms with Crippen LogP contribution in [0.4, 0.5) is 5.69 Å². The number of phenolic OH excluding ortho intramolecular Hbond substituents is 1. The standard InChI is InChI=1S/C13H22N2O2/c1-3-15(4-2)10-5-6-11(13(17)9-10)12(16)7-8-14/h5-6,9,12,16-17H,3-4,7-8,14H2,1-2H3/t12-/m1/s1. The molecule has 0 radical (unpaired) electrons. The van der Waals surface area contributed by atoms with Crippen molar-refractivity contribution < 1.29 is 10.2 Å². The molecule has 0 amide bonds. The van der Waals surface area contributed by atoms with E-state index in [-0.39, 0.29) is 5.75 Å². The molecule has 4 heteroatoms. The number of nitrogens with zero attached hydrogens (tertiary/aromatic N) is 1. The molecule has 0 fully saturated rings. The highest BCUT2D eigenvalue weighted by molar-refractivity contribution is 5.53. The molecule has 1 aromatic carbocycles. The molecule has 0 spiro atoms. The highest BCUT2D eigenvalue weighted by Crippen LogP contribution is 2.30. The molecule has 17 heavy (non-hydrogen) atoms. The largest absolute Gasteiger partial charge is 0.507 e. The van der Waals surface area contributed by atoms with E-state index in [1.165, 1.54) is 0 Å². The molecule has 0 bridgehead atoms. The van der Waals surface area contributed by atoms with Crippen LogP contribution in [0.2, 0.25) is 0 Å². The van der Waals surface area contributed by atoms with Crippen LogP contribution in [0.15, 0.2) is 18.2 Å². The lowest BCUT2D eigenvalue weighted by molar-refractivity contribution is 0.166. The number of rotatable bonds is 6. The minimum atomic E-state index is -0.689. The van der Waals surface area contributed by atoms with Gasteiger partial charge in [0.15, 0.2) is 0 Å². The topological polar surface area (TPSA) is 69.7 Å². The summed E-state index contributed by atoms with van der Waals surface area (Å²) in [5, 5.41) is 19.7. The normalized spacial score (nSPS) is 12.5. The van der Waals surface area contributed by atoms with Crippen LogP contribution in [0.5, 0.6) is 5.75 Å². The van der Waals surface area contributed by atoms with E-state index >= 15 is 0 Å². The van der Waals surface area contributed by atoms with E-state index in [0.717, 1.165) is 18.8 Å². The highest BCUT2D eigenvalue weighted by Gasteiger charge is 2.13. The molecular weight excluding hydrogens is 216 g/mol. The Morgan fingerprint density at radius 2 is 1.94 bits per heavy atom. The summed E-state index contributed by atoms with van der Waals surface area (Å²) in [6, 6.07) is 5.38. The summed E-state index contributed by atoms with van der Waals surface area (Å²) in [6.07, 6.45) is -0.233. The summed E-state index contributed by atoms with van der Waals surface area (Å²) in [4.78, 5) is 2.14. The van der Waals surface area contributed by atoms with Crippen LogP contribution in [0.1, 0.15) is 31.9 Å². The fraction of sp³-hybridized carbons (Fsp3) is 0.538. The Bertz CT molecular complexity index is 351. The minimum Gasteiger partial charge on any atom is -0.507 e. The predicted octanol–water partition coefficient (Wildman–Crippen LogP) is 1.62. The Labute approximate surface area is 103 Å². The van der Waals surface area contributed by atoms with Crippen molar-refractivity contribution in [1.29, 1.82) is 0 Å². The first kappa shape index (κ1) is 13.8. The number of phenols is 1. The van der Waals surface area contributed by atoms with Crippen LogP contribution in [-0.2, 0) is 0 Å². The molecule has 1 atom stereocenters. The Kier molecular flexibility index (Phi) is 5.25. The van der Waals surface area contributed by atoms with E-state index in [4.69, 9.17) is 5.73 Å². The monoisotopic (exact) mass is 238 g/mol. The molecule has 4 nitrogen and oxygen atoms in total. The van der Waals surface area contributed by atoms with Crippen molar-refractivity contribution in [2.75, 3.05) is 24.5 Å². The van der Waals surface area contributed by atoms with Gasteiger partial charge in [0.25, 0.3) is 0 Å². The van der Waals surface area contributed by atoms with Gasteiger partial charge in [-0.2, -0.15) is 0 Å². The molecule has 1 rings (SSSR count). The molecule has 1 aromatic rings. The summed E-state index contributed by atoms with van der Waals surface area (Å²) in [6.45, 7) is 6.31. The summed E-state index contributed by atoms with van der Waals surface area (Å²) in [5.41, 5.74) is 6.90. The van der Waals surface area contributed by atoms with Gasteiger partial charge in [0.1, 0.15) is 5.75 Å². The van der Waals surface area contributed by atoms with Crippen LogP contribution in [-0.4, -0.2) is 29.8 Å². The van der Waals surface area contributed by atoms with Crippen molar-refractivity contribution in [3.05, 3.63) is 23.8 Å². The lowest BCUT2D eigenvalue weighted by Gasteiger charge is -2.22. The number of hydrogen-bond donors (Lipinski definition) is 3. The van der Waals surface area contributed by atoms with Crippen LogP contribution < -0.4 is 10.6 Å². The van der Waals surface area contributed by atoms with Crippen molar-refractivity contribution in [2.45, 2.75) is 26.4 Å². The number of hydrogen-bond acceptors (Lipinski definition) is 4. The first-order valence-corrected chi connectivity index (χ1v) is 6.10. The second-order valence-electron chi connectivity index (χ2n) is 4.01. The van der Waals surface area contributed by atoms with Crippen LogP contribution in [0.3, 0.4) is 0 Å². The average Bonchev–Trinajstić information content (AvgIpc) is 2.31. The number of nitrogens with two attached hydrogens (primary N) is 1. The Morgan fingerprint density at radius 3 is 2.41 bits per heavy atom. The average molecular weight is 238 g/mol. The van der Waals surface area contributed by atoms with Crippen molar-refractivity contribution in [1.82, 2.24) is 0 Å². The van der Waals surface area contributed by atoms with Gasteiger partial charge in [0, 0.05) is 30.4 Å². The second kappa shape index (κ2) is 6.47. The maximum Gasteiger partial charge on any atom is 0.123 e. The zero-order valence-corrected chi connectivity index (χ0v) is 10.6. The van der Waals surface area contributed by atoms with Crippen molar-refractivity contribution in [3.63, 3.8) is 0 Å². The van der Waals surface area contributed by atoms with E-state index < -0.39 is 6.10 Å². The third kappa shape index (κ3) is 3.35. The fourth-order valence-electron chi connectivity index (χ4n) is 1.91. The Hall–Kier alpha value is -1.26. The van der Waals surface area contributed by atoms with Crippen molar-refractivity contribution in [3.8, 4) is 5.75 Å². The lowest BCUT2D eigenvalue weighted by Crippen LogP contribution is -2.21. The first-order chi connectivity index (χ1) is 8.13. The van der Waals surface area contributed by atoms with E-state index in [0.29, 0.717) is 18.5 Å². The van der Waals surface area contributed by atoms with Crippen molar-refractivity contribution in [2.24, 2.45) is 5.73 Å². The Morgan fingerprint density at radius 1 is 1.29 bits per heavy atom. The van der Waals surface area contributed by atoms with Gasteiger partial charge >= 0.3 is 0 Å². The summed E-state index contributed by atoms with van der Waals surface area (Å²) < 4.78 is 0. The molecule has 0 aliphatic carbocycles. The maximum atomic E-state index is 9.90. The van der Waals surface area contributed by atoms with Crippen LogP contribution in [0, 0.1) is 0 Å². The van der Waals surface area contributed by atoms with Gasteiger partial charge in [-0.05, 0) is 32.9 Å². The Balaban J connectivity index is 2.92. The molecule has 0 aromatic heterocycles. The SMILES string of the molecule is CCN(CC)c1ccc([C@H](O)CCN)c(O)c1. The summed E-state index contributed by atoms with van der Waals surface area (Å²) in [7, 11) is 0. The third-order valence-electron chi connectivity index (χ3n) is 2.94. The smallest absolute Gasteiger partial charge is 0.123 e. The number of aliphatic hydroxyl groups is 1. The zero-order chi connectivity index (χ0) is 12.8.